The lowest BCUT2D eigenvalue weighted by molar-refractivity contribution is -0.137. The molecule has 0 unspecified atom stereocenters. The van der Waals surface area contributed by atoms with Crippen LogP contribution in [0.1, 0.15) is 20.0 Å². The van der Waals surface area contributed by atoms with Gasteiger partial charge >= 0.3 is 6.18 Å². The zero-order valence-corrected chi connectivity index (χ0v) is 13.2. The SMILES string of the molecule is [2H]c1[nH]cc2c3c(cc(-c4c(F)cc(C(F)(F)F)cc4C(N)=O)c12)OC([2H])([2H])C=N3. The number of amides is 1. The van der Waals surface area contributed by atoms with E-state index in [1.165, 1.54) is 6.20 Å². The molecular formula is C18H11F4N3O2. The highest BCUT2D eigenvalue weighted by atomic mass is 19.4. The molecule has 138 valence electrons. The third kappa shape index (κ3) is 2.71. The van der Waals surface area contributed by atoms with E-state index in [0.717, 1.165) is 12.3 Å². The lowest BCUT2D eigenvalue weighted by Gasteiger charge is -2.18. The molecule has 2 heterocycles. The number of ether oxygens (including phenoxy) is 1. The molecule has 27 heavy (non-hydrogen) atoms. The van der Waals surface area contributed by atoms with E-state index < -0.39 is 41.2 Å². The normalized spacial score (nSPS) is 17.0. The van der Waals surface area contributed by atoms with Crippen LogP contribution < -0.4 is 10.5 Å². The highest BCUT2D eigenvalue weighted by Crippen LogP contribution is 2.45. The zero-order chi connectivity index (χ0) is 22.0. The Morgan fingerprint density at radius 2 is 2.11 bits per heavy atom. The molecule has 1 aliphatic heterocycles. The number of carbonyl (C=O) groups excluding carboxylic acids is 1. The summed E-state index contributed by atoms with van der Waals surface area (Å²) in [5.41, 5.74) is 2.51. The smallest absolute Gasteiger partial charge is 0.416 e. The predicted octanol–water partition coefficient (Wildman–Crippen LogP) is 4.19. The number of nitrogens with zero attached hydrogens (tertiary/aromatic N) is 1. The van der Waals surface area contributed by atoms with E-state index in [0.29, 0.717) is 6.07 Å². The molecular weight excluding hydrogens is 366 g/mol. The number of benzene rings is 2. The summed E-state index contributed by atoms with van der Waals surface area (Å²) in [6.07, 6.45) is -2.90. The van der Waals surface area contributed by atoms with Gasteiger partial charge in [-0.1, -0.05) is 0 Å². The lowest BCUT2D eigenvalue weighted by Crippen LogP contribution is -2.16. The first-order valence-corrected chi connectivity index (χ1v) is 7.49. The summed E-state index contributed by atoms with van der Waals surface area (Å²) >= 11 is 0. The number of fused-ring (bicyclic) bond motifs is 3. The first-order chi connectivity index (χ1) is 13.9. The molecule has 2 aromatic carbocycles. The maximum absolute atomic E-state index is 14.9. The minimum atomic E-state index is -4.92. The van der Waals surface area contributed by atoms with E-state index in [1.54, 1.807) is 0 Å². The number of hydrogen-bond donors (Lipinski definition) is 2. The summed E-state index contributed by atoms with van der Waals surface area (Å²) in [4.78, 5) is 18.5. The Hall–Kier alpha value is -3.36. The molecule has 4 rings (SSSR count). The van der Waals surface area contributed by atoms with Crippen molar-refractivity contribution in [1.29, 1.82) is 0 Å². The number of alkyl halides is 3. The van der Waals surface area contributed by atoms with Crippen molar-refractivity contribution in [3.05, 3.63) is 47.5 Å². The second kappa shape index (κ2) is 5.83. The van der Waals surface area contributed by atoms with Crippen molar-refractivity contribution in [3.63, 3.8) is 0 Å². The average Bonchev–Trinajstić information content (AvgIpc) is 3.00. The van der Waals surface area contributed by atoms with E-state index in [4.69, 9.17) is 14.6 Å². The van der Waals surface area contributed by atoms with Crippen LogP contribution in [0.5, 0.6) is 5.75 Å². The number of aromatic nitrogens is 1. The highest BCUT2D eigenvalue weighted by Gasteiger charge is 2.34. The first kappa shape index (κ1) is 13.8. The standard InChI is InChI=1S/C18H11F4N3O2/c19-13-4-8(18(20,21)22)3-10(17(23)26)15(13)9-5-14-16(25-1-2-27-14)12-7-24-6-11(9)12/h1,3-7,24H,2H2,(H2,23,26)/i2D2,6D. The fourth-order valence-corrected chi connectivity index (χ4v) is 2.95. The van der Waals surface area contributed by atoms with E-state index in [1.807, 2.05) is 0 Å². The minimum absolute atomic E-state index is 0.0538. The van der Waals surface area contributed by atoms with Gasteiger partial charge in [0, 0.05) is 34.9 Å². The molecule has 0 aliphatic carbocycles. The molecule has 3 N–H and O–H groups in total. The predicted molar refractivity (Wildman–Crippen MR) is 90.9 cm³/mol. The van der Waals surface area contributed by atoms with E-state index >= 15 is 0 Å². The molecule has 1 amide bonds. The monoisotopic (exact) mass is 380 g/mol. The number of rotatable bonds is 2. The van der Waals surface area contributed by atoms with Gasteiger partial charge in [0.05, 0.1) is 15.2 Å². The Morgan fingerprint density at radius 3 is 2.81 bits per heavy atom. The summed E-state index contributed by atoms with van der Waals surface area (Å²) in [5, 5.41) is 0.284. The van der Waals surface area contributed by atoms with Crippen LogP contribution in [0.4, 0.5) is 23.2 Å². The fraction of sp³-hybridized carbons (Fsp3) is 0.111. The quantitative estimate of drug-likeness (QED) is 0.654. The molecule has 1 aliphatic rings. The molecule has 0 fully saturated rings. The summed E-state index contributed by atoms with van der Waals surface area (Å²) in [7, 11) is 0. The highest BCUT2D eigenvalue weighted by molar-refractivity contribution is 6.10. The van der Waals surface area contributed by atoms with Crippen molar-refractivity contribution in [1.82, 2.24) is 4.98 Å². The molecule has 9 heteroatoms. The Balaban J connectivity index is 2.10. The van der Waals surface area contributed by atoms with Crippen LogP contribution in [-0.4, -0.2) is 23.7 Å². The number of H-pyrrole nitrogens is 1. The van der Waals surface area contributed by atoms with Crippen molar-refractivity contribution in [2.45, 2.75) is 6.18 Å². The summed E-state index contributed by atoms with van der Waals surface area (Å²) in [5.74, 6) is -2.83. The fourth-order valence-electron chi connectivity index (χ4n) is 2.95. The maximum Gasteiger partial charge on any atom is 0.416 e. The van der Waals surface area contributed by atoms with Crippen LogP contribution in [0.15, 0.2) is 35.6 Å². The van der Waals surface area contributed by atoms with Gasteiger partial charge in [-0.25, -0.2) is 4.39 Å². The van der Waals surface area contributed by atoms with Crippen molar-refractivity contribution in [2.24, 2.45) is 10.7 Å². The second-order valence-corrected chi connectivity index (χ2v) is 5.69. The van der Waals surface area contributed by atoms with E-state index in [2.05, 4.69) is 9.98 Å². The molecule has 0 spiro atoms. The van der Waals surface area contributed by atoms with Gasteiger partial charge in [0.1, 0.15) is 23.8 Å². The van der Waals surface area contributed by atoms with Gasteiger partial charge in [0.2, 0.25) is 5.91 Å². The van der Waals surface area contributed by atoms with Crippen LogP contribution in [0.2, 0.25) is 0 Å². The molecule has 0 bridgehead atoms. The van der Waals surface area contributed by atoms with Crippen LogP contribution in [0.25, 0.3) is 21.9 Å². The zero-order valence-electron chi connectivity index (χ0n) is 16.2. The summed E-state index contributed by atoms with van der Waals surface area (Å²) in [6, 6.07) is 1.78. The molecule has 0 radical (unpaired) electrons. The van der Waals surface area contributed by atoms with Crippen LogP contribution in [0.3, 0.4) is 0 Å². The summed E-state index contributed by atoms with van der Waals surface area (Å²) in [6.45, 7) is -2.29. The van der Waals surface area contributed by atoms with Crippen LogP contribution in [-0.2, 0) is 6.18 Å². The van der Waals surface area contributed by atoms with Crippen molar-refractivity contribution >= 4 is 28.6 Å². The lowest BCUT2D eigenvalue weighted by atomic mass is 9.92. The van der Waals surface area contributed by atoms with Crippen molar-refractivity contribution in [2.75, 3.05) is 6.56 Å². The van der Waals surface area contributed by atoms with Gasteiger partial charge in [0.25, 0.3) is 0 Å². The molecule has 1 aromatic heterocycles. The molecule has 0 saturated carbocycles. The third-order valence-electron chi connectivity index (χ3n) is 4.08. The number of aromatic amines is 1. The number of aliphatic imine (C=N–C) groups is 1. The second-order valence-electron chi connectivity index (χ2n) is 5.69. The number of nitrogens with two attached hydrogens (primary N) is 1. The molecule has 5 nitrogen and oxygen atoms in total. The topological polar surface area (TPSA) is 80.5 Å². The number of hydrogen-bond acceptors (Lipinski definition) is 3. The Bertz CT molecular complexity index is 1250. The first-order valence-electron chi connectivity index (χ1n) is 8.99. The van der Waals surface area contributed by atoms with Gasteiger partial charge in [0.15, 0.2) is 0 Å². The van der Waals surface area contributed by atoms with Gasteiger partial charge in [-0.15, -0.1) is 0 Å². The molecule has 3 aromatic rings. The number of carbonyl (C=O) groups is 1. The van der Waals surface area contributed by atoms with Gasteiger partial charge in [-0.05, 0) is 23.8 Å². The number of nitrogens with one attached hydrogen (secondary N) is 1. The van der Waals surface area contributed by atoms with E-state index in [9.17, 15) is 22.4 Å². The molecule has 0 saturated heterocycles. The number of halogens is 4. The average molecular weight is 380 g/mol. The van der Waals surface area contributed by atoms with Crippen molar-refractivity contribution < 1.29 is 31.2 Å². The largest absolute Gasteiger partial charge is 0.486 e. The summed E-state index contributed by atoms with van der Waals surface area (Å²) < 4.78 is 82.8. The van der Waals surface area contributed by atoms with E-state index in [-0.39, 0.29) is 40.0 Å². The maximum atomic E-state index is 14.9. The Kier molecular flexibility index (Phi) is 2.98. The van der Waals surface area contributed by atoms with Crippen LogP contribution >= 0.6 is 0 Å². The Labute approximate surface area is 153 Å². The number of primary amides is 1. The van der Waals surface area contributed by atoms with Gasteiger partial charge in [-0.3, -0.25) is 9.79 Å². The minimum Gasteiger partial charge on any atom is -0.486 e. The van der Waals surface area contributed by atoms with Gasteiger partial charge in [-0.2, -0.15) is 13.2 Å². The third-order valence-corrected chi connectivity index (χ3v) is 4.08. The van der Waals surface area contributed by atoms with Gasteiger partial charge < -0.3 is 15.5 Å². The molecule has 0 atom stereocenters. The van der Waals surface area contributed by atoms with Crippen molar-refractivity contribution in [3.8, 4) is 16.9 Å². The van der Waals surface area contributed by atoms with Crippen LogP contribution in [0, 0.1) is 5.82 Å². The Morgan fingerprint density at radius 1 is 1.33 bits per heavy atom.